The Bertz CT molecular complexity index is 644. The zero-order chi connectivity index (χ0) is 14.0. The van der Waals surface area contributed by atoms with Crippen molar-refractivity contribution in [1.82, 2.24) is 4.98 Å². The molecule has 0 aliphatic rings. The number of carbonyl (C=O) groups is 1. The molecule has 0 saturated carbocycles. The number of carbonyl (C=O) groups excluding carboxylic acids is 1. The Labute approximate surface area is 108 Å². The SMILES string of the molecule is Cc1cc(C(=O)Nc2ncccc2N)c(F)cc1F. The van der Waals surface area contributed by atoms with Gasteiger partial charge in [-0.3, -0.25) is 4.79 Å². The average molecular weight is 263 g/mol. The lowest BCUT2D eigenvalue weighted by Crippen LogP contribution is -2.16. The van der Waals surface area contributed by atoms with Crippen LogP contribution in [0.1, 0.15) is 15.9 Å². The van der Waals surface area contributed by atoms with Crippen molar-refractivity contribution in [2.24, 2.45) is 0 Å². The van der Waals surface area contributed by atoms with Crippen LogP contribution in [0.2, 0.25) is 0 Å². The number of aryl methyl sites for hydroxylation is 1. The summed E-state index contributed by atoms with van der Waals surface area (Å²) >= 11 is 0. The van der Waals surface area contributed by atoms with Gasteiger partial charge in [0.15, 0.2) is 5.82 Å². The first kappa shape index (κ1) is 12.9. The van der Waals surface area contributed by atoms with E-state index in [0.717, 1.165) is 6.07 Å². The maximum Gasteiger partial charge on any atom is 0.259 e. The molecule has 0 radical (unpaired) electrons. The number of rotatable bonds is 2. The van der Waals surface area contributed by atoms with E-state index in [4.69, 9.17) is 5.73 Å². The van der Waals surface area contributed by atoms with Crippen LogP contribution in [0.3, 0.4) is 0 Å². The molecule has 1 aromatic heterocycles. The van der Waals surface area contributed by atoms with Gasteiger partial charge in [-0.05, 0) is 30.7 Å². The van der Waals surface area contributed by atoms with Gasteiger partial charge in [-0.25, -0.2) is 13.8 Å². The van der Waals surface area contributed by atoms with Crippen LogP contribution in [0, 0.1) is 18.6 Å². The first-order chi connectivity index (χ1) is 8.99. The summed E-state index contributed by atoms with van der Waals surface area (Å²) in [6, 6.07) is 4.97. The zero-order valence-corrected chi connectivity index (χ0v) is 10.1. The summed E-state index contributed by atoms with van der Waals surface area (Å²) in [5.41, 5.74) is 5.79. The van der Waals surface area contributed by atoms with Crippen LogP contribution in [0.25, 0.3) is 0 Å². The number of benzene rings is 1. The van der Waals surface area contributed by atoms with Crippen molar-refractivity contribution in [3.63, 3.8) is 0 Å². The maximum absolute atomic E-state index is 13.5. The van der Waals surface area contributed by atoms with Crippen molar-refractivity contribution in [3.05, 3.63) is 53.2 Å². The Morgan fingerprint density at radius 1 is 1.32 bits per heavy atom. The van der Waals surface area contributed by atoms with Crippen molar-refractivity contribution >= 4 is 17.4 Å². The van der Waals surface area contributed by atoms with Crippen LogP contribution in [0.4, 0.5) is 20.3 Å². The molecule has 0 fully saturated rings. The van der Waals surface area contributed by atoms with E-state index >= 15 is 0 Å². The number of amides is 1. The summed E-state index contributed by atoms with van der Waals surface area (Å²) in [4.78, 5) is 15.7. The molecule has 1 aromatic carbocycles. The van der Waals surface area contributed by atoms with E-state index in [0.29, 0.717) is 6.07 Å². The third-order valence-corrected chi connectivity index (χ3v) is 2.56. The molecule has 1 amide bonds. The Kier molecular flexibility index (Phi) is 3.41. The highest BCUT2D eigenvalue weighted by Crippen LogP contribution is 2.18. The first-order valence-electron chi connectivity index (χ1n) is 5.46. The van der Waals surface area contributed by atoms with Crippen LogP contribution in [-0.2, 0) is 0 Å². The van der Waals surface area contributed by atoms with Gasteiger partial charge in [0.2, 0.25) is 0 Å². The second-order valence-electron chi connectivity index (χ2n) is 3.98. The molecule has 2 rings (SSSR count). The lowest BCUT2D eigenvalue weighted by molar-refractivity contribution is 0.102. The van der Waals surface area contributed by atoms with E-state index in [-0.39, 0.29) is 22.6 Å². The molecule has 0 atom stereocenters. The van der Waals surface area contributed by atoms with Crippen molar-refractivity contribution in [2.75, 3.05) is 11.1 Å². The molecule has 6 heteroatoms. The van der Waals surface area contributed by atoms with E-state index in [1.807, 2.05) is 0 Å². The van der Waals surface area contributed by atoms with Crippen molar-refractivity contribution in [2.45, 2.75) is 6.92 Å². The van der Waals surface area contributed by atoms with E-state index < -0.39 is 17.5 Å². The molecule has 19 heavy (non-hydrogen) atoms. The number of nitrogens with one attached hydrogen (secondary N) is 1. The minimum absolute atomic E-state index is 0.133. The van der Waals surface area contributed by atoms with Gasteiger partial charge in [0, 0.05) is 12.3 Å². The standard InChI is InChI=1S/C13H11F2N3O/c1-7-5-8(10(15)6-9(7)14)13(19)18-12-11(16)3-2-4-17-12/h2-6H,16H2,1H3,(H,17,18,19). The van der Waals surface area contributed by atoms with Crippen molar-refractivity contribution < 1.29 is 13.6 Å². The second-order valence-corrected chi connectivity index (χ2v) is 3.98. The normalized spacial score (nSPS) is 10.3. The minimum atomic E-state index is -0.935. The van der Waals surface area contributed by atoms with Crippen LogP contribution in [0.5, 0.6) is 0 Å². The highest BCUT2D eigenvalue weighted by atomic mass is 19.1. The molecule has 0 aliphatic carbocycles. The zero-order valence-electron chi connectivity index (χ0n) is 10.1. The van der Waals surface area contributed by atoms with Gasteiger partial charge in [0.05, 0.1) is 11.3 Å². The largest absolute Gasteiger partial charge is 0.396 e. The van der Waals surface area contributed by atoms with E-state index in [1.54, 1.807) is 12.1 Å². The van der Waals surface area contributed by atoms with Crippen LogP contribution in [-0.4, -0.2) is 10.9 Å². The molecule has 98 valence electrons. The number of nitrogens with two attached hydrogens (primary N) is 1. The molecule has 3 N–H and O–H groups in total. The summed E-state index contributed by atoms with van der Waals surface area (Å²) in [7, 11) is 0. The monoisotopic (exact) mass is 263 g/mol. The number of nitrogen functional groups attached to an aromatic ring is 1. The average Bonchev–Trinajstić information content (AvgIpc) is 2.36. The van der Waals surface area contributed by atoms with E-state index in [9.17, 15) is 13.6 Å². The smallest absolute Gasteiger partial charge is 0.259 e. The molecule has 2 aromatic rings. The van der Waals surface area contributed by atoms with Crippen LogP contribution >= 0.6 is 0 Å². The van der Waals surface area contributed by atoms with Crippen molar-refractivity contribution in [3.8, 4) is 0 Å². The second kappa shape index (κ2) is 5.01. The molecule has 0 saturated heterocycles. The number of aromatic nitrogens is 1. The van der Waals surface area contributed by atoms with Gasteiger partial charge in [0.25, 0.3) is 5.91 Å². The molecule has 0 unspecified atom stereocenters. The molecule has 0 spiro atoms. The Morgan fingerprint density at radius 2 is 2.05 bits per heavy atom. The summed E-state index contributed by atoms with van der Waals surface area (Å²) < 4.78 is 26.6. The highest BCUT2D eigenvalue weighted by molar-refractivity contribution is 6.05. The van der Waals surface area contributed by atoms with Crippen LogP contribution in [0.15, 0.2) is 30.5 Å². The van der Waals surface area contributed by atoms with Gasteiger partial charge < -0.3 is 11.1 Å². The van der Waals surface area contributed by atoms with Gasteiger partial charge in [0.1, 0.15) is 11.6 Å². The summed E-state index contributed by atoms with van der Waals surface area (Å²) in [6.07, 6.45) is 1.44. The lowest BCUT2D eigenvalue weighted by Gasteiger charge is -2.08. The fourth-order valence-corrected chi connectivity index (χ4v) is 1.53. The van der Waals surface area contributed by atoms with E-state index in [1.165, 1.54) is 13.1 Å². The van der Waals surface area contributed by atoms with Crippen molar-refractivity contribution in [1.29, 1.82) is 0 Å². The van der Waals surface area contributed by atoms with Gasteiger partial charge in [-0.2, -0.15) is 0 Å². The molecule has 0 aliphatic heterocycles. The molecular formula is C13H11F2N3O. The summed E-state index contributed by atoms with van der Waals surface area (Å²) in [5, 5.41) is 2.38. The molecule has 0 bridgehead atoms. The first-order valence-corrected chi connectivity index (χ1v) is 5.46. The van der Waals surface area contributed by atoms with Gasteiger partial charge in [-0.15, -0.1) is 0 Å². The fraction of sp³-hybridized carbons (Fsp3) is 0.0769. The van der Waals surface area contributed by atoms with Crippen LogP contribution < -0.4 is 11.1 Å². The predicted molar refractivity (Wildman–Crippen MR) is 67.7 cm³/mol. The number of halogens is 2. The van der Waals surface area contributed by atoms with E-state index in [2.05, 4.69) is 10.3 Å². The fourth-order valence-electron chi connectivity index (χ4n) is 1.53. The molecular weight excluding hydrogens is 252 g/mol. The lowest BCUT2D eigenvalue weighted by atomic mass is 10.1. The third-order valence-electron chi connectivity index (χ3n) is 2.56. The Hall–Kier alpha value is -2.50. The third kappa shape index (κ3) is 2.67. The van der Waals surface area contributed by atoms with Gasteiger partial charge in [-0.1, -0.05) is 0 Å². The summed E-state index contributed by atoms with van der Waals surface area (Å²) in [5.74, 6) is -2.23. The predicted octanol–water partition coefficient (Wildman–Crippen LogP) is 2.50. The minimum Gasteiger partial charge on any atom is -0.396 e. The number of pyridine rings is 1. The van der Waals surface area contributed by atoms with Gasteiger partial charge >= 0.3 is 0 Å². The molecule has 1 heterocycles. The maximum atomic E-state index is 13.5. The Morgan fingerprint density at radius 3 is 2.74 bits per heavy atom. The quantitative estimate of drug-likeness (QED) is 0.874. The Balaban J connectivity index is 2.31. The number of anilines is 2. The summed E-state index contributed by atoms with van der Waals surface area (Å²) in [6.45, 7) is 1.45. The number of hydrogen-bond donors (Lipinski definition) is 2. The number of nitrogens with zero attached hydrogens (tertiary/aromatic N) is 1. The number of hydrogen-bond acceptors (Lipinski definition) is 3. The highest BCUT2D eigenvalue weighted by Gasteiger charge is 2.15. The molecule has 4 nitrogen and oxygen atoms in total. The topological polar surface area (TPSA) is 68.0 Å².